The lowest BCUT2D eigenvalue weighted by molar-refractivity contribution is -0.124. The largest absolute Gasteiger partial charge is 0.354 e. The highest BCUT2D eigenvalue weighted by atomic mass is 79.9. The summed E-state index contributed by atoms with van der Waals surface area (Å²) in [5.41, 5.74) is 6.45. The van der Waals surface area contributed by atoms with E-state index >= 15 is 0 Å². The fourth-order valence-electron chi connectivity index (χ4n) is 3.66. The molecule has 6 heteroatoms. The molecule has 0 aromatic carbocycles. The van der Waals surface area contributed by atoms with Gasteiger partial charge in [0.1, 0.15) is 0 Å². The minimum atomic E-state index is 0.102. The first kappa shape index (κ1) is 15.5. The van der Waals surface area contributed by atoms with E-state index in [-0.39, 0.29) is 23.9 Å². The number of fused-ring (bicyclic) bond motifs is 1. The molecule has 4 nitrogen and oxygen atoms in total. The first-order chi connectivity index (χ1) is 10.1. The zero-order chi connectivity index (χ0) is 15.0. The Labute approximate surface area is 138 Å². The van der Waals surface area contributed by atoms with Crippen LogP contribution in [-0.4, -0.2) is 36.0 Å². The Morgan fingerprint density at radius 2 is 2.38 bits per heavy atom. The highest BCUT2D eigenvalue weighted by Gasteiger charge is 2.44. The third-order valence-corrected chi connectivity index (χ3v) is 6.46. The van der Waals surface area contributed by atoms with Crippen LogP contribution < -0.4 is 11.1 Å². The lowest BCUT2D eigenvalue weighted by Crippen LogP contribution is -2.51. The Balaban J connectivity index is 1.90. The van der Waals surface area contributed by atoms with Crippen LogP contribution in [-0.2, 0) is 4.79 Å². The van der Waals surface area contributed by atoms with Gasteiger partial charge in [-0.3, -0.25) is 9.69 Å². The summed E-state index contributed by atoms with van der Waals surface area (Å²) in [4.78, 5) is 15.8. The molecule has 3 N–H and O–H groups in total. The molecule has 2 aliphatic heterocycles. The molecule has 21 heavy (non-hydrogen) atoms. The van der Waals surface area contributed by atoms with Gasteiger partial charge in [0.25, 0.3) is 0 Å². The predicted octanol–water partition coefficient (Wildman–Crippen LogP) is 2.50. The molecule has 2 saturated heterocycles. The Morgan fingerprint density at radius 1 is 1.57 bits per heavy atom. The van der Waals surface area contributed by atoms with Crippen LogP contribution in [0.4, 0.5) is 0 Å². The fourth-order valence-corrected chi connectivity index (χ4v) is 5.28. The second-order valence-corrected chi connectivity index (χ2v) is 8.45. The number of halogens is 1. The minimum Gasteiger partial charge on any atom is -0.354 e. The van der Waals surface area contributed by atoms with Crippen molar-refractivity contribution < 1.29 is 4.79 Å². The number of nitrogens with one attached hydrogen (secondary N) is 1. The summed E-state index contributed by atoms with van der Waals surface area (Å²) < 4.78 is 1.14. The maximum atomic E-state index is 12.0. The highest BCUT2D eigenvalue weighted by Crippen LogP contribution is 2.39. The lowest BCUT2D eigenvalue weighted by Gasteiger charge is -2.43. The summed E-state index contributed by atoms with van der Waals surface area (Å²) in [7, 11) is 0. The molecule has 0 aliphatic carbocycles. The van der Waals surface area contributed by atoms with Crippen molar-refractivity contribution in [2.24, 2.45) is 11.7 Å². The van der Waals surface area contributed by atoms with Gasteiger partial charge in [-0.2, -0.15) is 0 Å². The standard InChI is InChI=1S/C15H22BrN3OS/c1-2-10(17)14(12-5-6-13(16)21-12)19-7-3-4-9-11(19)8-18-15(9)20/h5-6,9-11,14H,2-4,7-8,17H2,1H3,(H,18,20). The van der Waals surface area contributed by atoms with Crippen LogP contribution in [0.15, 0.2) is 15.9 Å². The molecule has 4 unspecified atom stereocenters. The smallest absolute Gasteiger partial charge is 0.224 e. The Kier molecular flexibility index (Phi) is 4.69. The molecule has 116 valence electrons. The maximum absolute atomic E-state index is 12.0. The number of nitrogens with zero attached hydrogens (tertiary/aromatic N) is 1. The summed E-state index contributed by atoms with van der Waals surface area (Å²) in [6.45, 7) is 3.94. The van der Waals surface area contributed by atoms with E-state index in [0.29, 0.717) is 6.04 Å². The van der Waals surface area contributed by atoms with Gasteiger partial charge in [-0.1, -0.05) is 6.92 Å². The van der Waals surface area contributed by atoms with Crippen LogP contribution in [0.5, 0.6) is 0 Å². The summed E-state index contributed by atoms with van der Waals surface area (Å²) in [6, 6.07) is 4.88. The van der Waals surface area contributed by atoms with Crippen molar-refractivity contribution in [1.29, 1.82) is 0 Å². The zero-order valence-corrected chi connectivity index (χ0v) is 14.6. The topological polar surface area (TPSA) is 58.4 Å². The monoisotopic (exact) mass is 371 g/mol. The molecule has 0 spiro atoms. The molecule has 1 amide bonds. The lowest BCUT2D eigenvalue weighted by atomic mass is 9.88. The summed E-state index contributed by atoms with van der Waals surface area (Å²) in [5, 5.41) is 3.03. The van der Waals surface area contributed by atoms with E-state index in [0.717, 1.165) is 36.1 Å². The van der Waals surface area contributed by atoms with Crippen molar-refractivity contribution in [3.8, 4) is 0 Å². The molecule has 2 fully saturated rings. The molecule has 0 bridgehead atoms. The van der Waals surface area contributed by atoms with Crippen LogP contribution in [0.1, 0.15) is 37.1 Å². The second kappa shape index (κ2) is 6.36. The van der Waals surface area contributed by atoms with Crippen molar-refractivity contribution in [2.75, 3.05) is 13.1 Å². The van der Waals surface area contributed by atoms with E-state index in [9.17, 15) is 4.79 Å². The summed E-state index contributed by atoms with van der Waals surface area (Å²) in [6.07, 6.45) is 3.03. The number of likely N-dealkylation sites (tertiary alicyclic amines) is 1. The van der Waals surface area contributed by atoms with E-state index in [2.05, 4.69) is 45.2 Å². The van der Waals surface area contributed by atoms with Gasteiger partial charge in [0.15, 0.2) is 0 Å². The fraction of sp³-hybridized carbons (Fsp3) is 0.667. The van der Waals surface area contributed by atoms with Crippen LogP contribution in [0.3, 0.4) is 0 Å². The Morgan fingerprint density at radius 3 is 3.05 bits per heavy atom. The van der Waals surface area contributed by atoms with Crippen LogP contribution in [0.2, 0.25) is 0 Å². The van der Waals surface area contributed by atoms with Crippen molar-refractivity contribution in [1.82, 2.24) is 10.2 Å². The summed E-state index contributed by atoms with van der Waals surface area (Å²) >= 11 is 5.31. The second-order valence-electron chi connectivity index (χ2n) is 5.96. The number of piperidine rings is 1. The highest BCUT2D eigenvalue weighted by molar-refractivity contribution is 9.11. The number of thiophene rings is 1. The van der Waals surface area contributed by atoms with Gasteiger partial charge in [0, 0.05) is 23.5 Å². The number of rotatable bonds is 4. The minimum absolute atomic E-state index is 0.102. The normalized spacial score (nSPS) is 29.0. The third-order valence-electron chi connectivity index (χ3n) is 4.76. The van der Waals surface area contributed by atoms with Crippen molar-refractivity contribution in [3.05, 3.63) is 20.8 Å². The van der Waals surface area contributed by atoms with Crippen LogP contribution in [0.25, 0.3) is 0 Å². The van der Waals surface area contributed by atoms with Crippen molar-refractivity contribution >= 4 is 33.2 Å². The van der Waals surface area contributed by atoms with Gasteiger partial charge < -0.3 is 11.1 Å². The zero-order valence-electron chi connectivity index (χ0n) is 12.2. The SMILES string of the molecule is CCC(N)C(c1ccc(Br)s1)N1CCCC2C(=O)NCC21. The molecule has 3 rings (SSSR count). The quantitative estimate of drug-likeness (QED) is 0.854. The Bertz CT molecular complexity index is 521. The van der Waals surface area contributed by atoms with Gasteiger partial charge >= 0.3 is 0 Å². The number of amides is 1. The molecular weight excluding hydrogens is 350 g/mol. The Hall–Kier alpha value is -0.430. The van der Waals surface area contributed by atoms with Gasteiger partial charge in [-0.05, 0) is 53.9 Å². The van der Waals surface area contributed by atoms with Gasteiger partial charge in [0.05, 0.1) is 15.7 Å². The third kappa shape index (κ3) is 2.91. The van der Waals surface area contributed by atoms with Gasteiger partial charge in [-0.15, -0.1) is 11.3 Å². The van der Waals surface area contributed by atoms with E-state index < -0.39 is 0 Å². The molecule has 2 aliphatic rings. The first-order valence-corrected chi connectivity index (χ1v) is 9.27. The molecule has 3 heterocycles. The predicted molar refractivity (Wildman–Crippen MR) is 89.3 cm³/mol. The van der Waals surface area contributed by atoms with Crippen molar-refractivity contribution in [2.45, 2.75) is 44.3 Å². The molecule has 4 atom stereocenters. The van der Waals surface area contributed by atoms with Crippen LogP contribution >= 0.6 is 27.3 Å². The average molecular weight is 372 g/mol. The number of carbonyl (C=O) groups excluding carboxylic acids is 1. The van der Waals surface area contributed by atoms with E-state index in [1.807, 2.05) is 0 Å². The number of carbonyl (C=O) groups is 1. The summed E-state index contributed by atoms with van der Waals surface area (Å²) in [5.74, 6) is 0.370. The molecule has 1 aromatic rings. The first-order valence-electron chi connectivity index (χ1n) is 7.66. The number of hydrogen-bond donors (Lipinski definition) is 2. The number of hydrogen-bond acceptors (Lipinski definition) is 4. The van der Waals surface area contributed by atoms with E-state index in [1.54, 1.807) is 11.3 Å². The molecule has 1 aromatic heterocycles. The van der Waals surface area contributed by atoms with E-state index in [1.165, 1.54) is 4.88 Å². The molecular formula is C15H22BrN3OS. The maximum Gasteiger partial charge on any atom is 0.224 e. The average Bonchev–Trinajstić information content (AvgIpc) is 3.07. The van der Waals surface area contributed by atoms with Gasteiger partial charge in [0.2, 0.25) is 5.91 Å². The molecule has 0 radical (unpaired) electrons. The van der Waals surface area contributed by atoms with E-state index in [4.69, 9.17) is 5.73 Å². The van der Waals surface area contributed by atoms with Gasteiger partial charge in [-0.25, -0.2) is 0 Å². The molecule has 0 saturated carbocycles. The van der Waals surface area contributed by atoms with Crippen molar-refractivity contribution in [3.63, 3.8) is 0 Å². The van der Waals surface area contributed by atoms with Crippen LogP contribution in [0, 0.1) is 5.92 Å². The number of nitrogens with two attached hydrogens (primary N) is 1.